The van der Waals surface area contributed by atoms with Gasteiger partial charge in [-0.15, -0.1) is 0 Å². The number of phenolic OH excluding ortho intramolecular Hbond substituents is 1. The molecule has 0 aliphatic rings. The van der Waals surface area contributed by atoms with Gasteiger partial charge in [0.1, 0.15) is 5.75 Å². The summed E-state index contributed by atoms with van der Waals surface area (Å²) in [4.78, 5) is 0. The van der Waals surface area contributed by atoms with E-state index < -0.39 is 11.7 Å². The molecule has 1 nitrogen and oxygen atoms in total. The molecule has 0 unspecified atom stereocenters. The van der Waals surface area contributed by atoms with E-state index >= 15 is 0 Å². The summed E-state index contributed by atoms with van der Waals surface area (Å²) in [5.74, 6) is 0.103. The van der Waals surface area contributed by atoms with Crippen LogP contribution in [-0.2, 0) is 19.0 Å². The van der Waals surface area contributed by atoms with Gasteiger partial charge in [0.15, 0.2) is 0 Å². The summed E-state index contributed by atoms with van der Waals surface area (Å²) in [5.41, 5.74) is 0.979. The van der Waals surface area contributed by atoms with Gasteiger partial charge in [0.2, 0.25) is 0 Å². The number of hydrogen-bond donors (Lipinski definition) is 1. The van der Waals surface area contributed by atoms with Gasteiger partial charge in [-0.05, 0) is 58.0 Å². The molecule has 4 heteroatoms. The summed E-state index contributed by atoms with van der Waals surface area (Å²) >= 11 is 0. The van der Waals surface area contributed by atoms with Gasteiger partial charge in [0.05, 0.1) is 5.56 Å². The fourth-order valence-corrected chi connectivity index (χ4v) is 3.73. The molecule has 1 N–H and O–H groups in total. The second kappa shape index (κ2) is 7.63. The molecule has 0 bridgehead atoms. The molecule has 0 aliphatic carbocycles. The van der Waals surface area contributed by atoms with E-state index in [1.165, 1.54) is 12.1 Å². The first-order valence-corrected chi connectivity index (χ1v) is 9.38. The molecular weight excluding hydrogens is 373 g/mol. The summed E-state index contributed by atoms with van der Waals surface area (Å²) in [5, 5.41) is 11.8. The van der Waals surface area contributed by atoms with E-state index in [2.05, 4.69) is 0 Å². The van der Waals surface area contributed by atoms with Crippen LogP contribution in [0.3, 0.4) is 0 Å². The Morgan fingerprint density at radius 1 is 0.655 bits per heavy atom. The molecule has 0 amide bonds. The van der Waals surface area contributed by atoms with Crippen LogP contribution < -0.4 is 0 Å². The third-order valence-electron chi connectivity index (χ3n) is 5.15. The number of para-hydroxylation sites is 1. The lowest BCUT2D eigenvalue weighted by atomic mass is 9.91. The number of aryl methyl sites for hydroxylation is 2. The number of benzene rings is 4. The molecule has 0 spiro atoms. The van der Waals surface area contributed by atoms with Crippen molar-refractivity contribution >= 4 is 10.8 Å². The first-order chi connectivity index (χ1) is 13.9. The lowest BCUT2D eigenvalue weighted by molar-refractivity contribution is -0.137. The van der Waals surface area contributed by atoms with Crippen LogP contribution in [0, 0.1) is 0 Å². The Morgan fingerprint density at radius 2 is 1.31 bits per heavy atom. The Bertz CT molecular complexity index is 1160. The van der Waals surface area contributed by atoms with E-state index in [1.54, 1.807) is 42.5 Å². The fraction of sp³-hybridized carbons (Fsp3) is 0.120. The topological polar surface area (TPSA) is 20.2 Å². The van der Waals surface area contributed by atoms with Crippen molar-refractivity contribution < 1.29 is 18.3 Å². The van der Waals surface area contributed by atoms with Gasteiger partial charge in [-0.3, -0.25) is 0 Å². The minimum atomic E-state index is -4.48. The van der Waals surface area contributed by atoms with Crippen LogP contribution in [-0.4, -0.2) is 5.11 Å². The summed E-state index contributed by atoms with van der Waals surface area (Å²) < 4.78 is 42.2. The summed E-state index contributed by atoms with van der Waals surface area (Å²) in [6, 6.07) is 24.4. The first-order valence-electron chi connectivity index (χ1n) is 9.38. The Balaban J connectivity index is 1.78. The average Bonchev–Trinajstić information content (AvgIpc) is 2.72. The van der Waals surface area contributed by atoms with Crippen molar-refractivity contribution in [2.75, 3.05) is 0 Å². The summed E-state index contributed by atoms with van der Waals surface area (Å²) in [7, 11) is 0. The normalized spacial score (nSPS) is 11.7. The minimum Gasteiger partial charge on any atom is -0.508 e. The van der Waals surface area contributed by atoms with E-state index in [0.717, 1.165) is 10.8 Å². The standard InChI is InChI=1S/C25H19F3O/c26-25(27,28)24-19(14-13-18-7-3-4-11-23(18)29)9-5-10-22(24)21-15-12-17-6-1-2-8-20(17)16-21/h1-12,15-16,29H,13-14H2. The molecule has 0 saturated carbocycles. The van der Waals surface area contributed by atoms with Gasteiger partial charge in [-0.2, -0.15) is 13.2 Å². The predicted octanol–water partition coefficient (Wildman–Crippen LogP) is 7.02. The molecule has 0 heterocycles. The van der Waals surface area contributed by atoms with Crippen LogP contribution in [0.4, 0.5) is 13.2 Å². The smallest absolute Gasteiger partial charge is 0.417 e. The quantitative estimate of drug-likeness (QED) is 0.396. The Kier molecular flexibility index (Phi) is 5.01. The molecule has 0 saturated heterocycles. The zero-order chi connectivity index (χ0) is 20.4. The van der Waals surface area contributed by atoms with Crippen LogP contribution in [0.25, 0.3) is 21.9 Å². The van der Waals surface area contributed by atoms with Crippen molar-refractivity contribution in [3.63, 3.8) is 0 Å². The molecule has 146 valence electrons. The van der Waals surface area contributed by atoms with Crippen LogP contribution >= 0.6 is 0 Å². The highest BCUT2D eigenvalue weighted by Crippen LogP contribution is 2.40. The number of aromatic hydroxyl groups is 1. The zero-order valence-corrected chi connectivity index (χ0v) is 15.6. The van der Waals surface area contributed by atoms with Crippen molar-refractivity contribution in [1.82, 2.24) is 0 Å². The Labute approximate surface area is 167 Å². The molecule has 0 radical (unpaired) electrons. The number of fused-ring (bicyclic) bond motifs is 1. The minimum absolute atomic E-state index is 0.103. The SMILES string of the molecule is Oc1ccccc1CCc1cccc(-c2ccc3ccccc3c2)c1C(F)(F)F. The number of hydrogen-bond acceptors (Lipinski definition) is 1. The maximum atomic E-state index is 14.1. The molecule has 0 aromatic heterocycles. The molecular formula is C25H19F3O. The molecule has 4 rings (SSSR count). The molecule has 29 heavy (non-hydrogen) atoms. The van der Waals surface area contributed by atoms with Crippen LogP contribution in [0.1, 0.15) is 16.7 Å². The van der Waals surface area contributed by atoms with Gasteiger partial charge < -0.3 is 5.11 Å². The van der Waals surface area contributed by atoms with Crippen LogP contribution in [0.2, 0.25) is 0 Å². The molecule has 4 aromatic rings. The maximum absolute atomic E-state index is 14.1. The van der Waals surface area contributed by atoms with E-state index in [4.69, 9.17) is 0 Å². The first kappa shape index (κ1) is 19.1. The van der Waals surface area contributed by atoms with Gasteiger partial charge in [0.25, 0.3) is 0 Å². The monoisotopic (exact) mass is 392 g/mol. The molecule has 0 atom stereocenters. The predicted molar refractivity (Wildman–Crippen MR) is 110 cm³/mol. The Morgan fingerprint density at radius 3 is 2.07 bits per heavy atom. The van der Waals surface area contributed by atoms with Crippen LogP contribution in [0.5, 0.6) is 5.75 Å². The lowest BCUT2D eigenvalue weighted by Gasteiger charge is -2.18. The van der Waals surface area contributed by atoms with E-state index in [-0.39, 0.29) is 23.3 Å². The van der Waals surface area contributed by atoms with Crippen LogP contribution in [0.15, 0.2) is 84.9 Å². The number of alkyl halides is 3. The fourth-order valence-electron chi connectivity index (χ4n) is 3.73. The highest BCUT2D eigenvalue weighted by molar-refractivity contribution is 5.88. The summed E-state index contributed by atoms with van der Waals surface area (Å²) in [6.07, 6.45) is -3.96. The third kappa shape index (κ3) is 3.97. The van der Waals surface area contributed by atoms with Crippen molar-refractivity contribution in [2.24, 2.45) is 0 Å². The van der Waals surface area contributed by atoms with Gasteiger partial charge in [0, 0.05) is 0 Å². The highest BCUT2D eigenvalue weighted by Gasteiger charge is 2.36. The van der Waals surface area contributed by atoms with Gasteiger partial charge in [-0.1, -0.05) is 72.8 Å². The molecule has 4 aromatic carbocycles. The van der Waals surface area contributed by atoms with E-state index in [9.17, 15) is 18.3 Å². The second-order valence-electron chi connectivity index (χ2n) is 7.03. The number of rotatable bonds is 4. The zero-order valence-electron chi connectivity index (χ0n) is 15.6. The average molecular weight is 392 g/mol. The number of phenols is 1. The van der Waals surface area contributed by atoms with Gasteiger partial charge >= 0.3 is 6.18 Å². The lowest BCUT2D eigenvalue weighted by Crippen LogP contribution is -2.12. The Hall–Kier alpha value is -3.27. The largest absolute Gasteiger partial charge is 0.508 e. The van der Waals surface area contributed by atoms with Crippen molar-refractivity contribution in [1.29, 1.82) is 0 Å². The number of halogens is 3. The summed E-state index contributed by atoms with van der Waals surface area (Å²) in [6.45, 7) is 0. The van der Waals surface area contributed by atoms with Crippen molar-refractivity contribution in [3.8, 4) is 16.9 Å². The van der Waals surface area contributed by atoms with Crippen molar-refractivity contribution in [2.45, 2.75) is 19.0 Å². The van der Waals surface area contributed by atoms with Gasteiger partial charge in [-0.25, -0.2) is 0 Å². The highest BCUT2D eigenvalue weighted by atomic mass is 19.4. The van der Waals surface area contributed by atoms with E-state index in [1.807, 2.05) is 30.3 Å². The van der Waals surface area contributed by atoms with Crippen molar-refractivity contribution in [3.05, 3.63) is 102 Å². The molecule has 0 fully saturated rings. The van der Waals surface area contributed by atoms with E-state index in [0.29, 0.717) is 17.5 Å². The molecule has 0 aliphatic heterocycles. The second-order valence-corrected chi connectivity index (χ2v) is 7.03. The third-order valence-corrected chi connectivity index (χ3v) is 5.15. The maximum Gasteiger partial charge on any atom is 0.417 e.